The molecule has 2 heterocycles. The van der Waals surface area contributed by atoms with Gasteiger partial charge in [-0.05, 0) is 74.5 Å². The Hall–Kier alpha value is -2.66. The van der Waals surface area contributed by atoms with Crippen molar-refractivity contribution in [1.29, 1.82) is 0 Å². The third kappa shape index (κ3) is 5.30. The molecule has 4 rings (SSSR count). The van der Waals surface area contributed by atoms with E-state index in [-0.39, 0.29) is 35.4 Å². The van der Waals surface area contributed by atoms with Gasteiger partial charge >= 0.3 is 6.18 Å². The first-order valence-electron chi connectivity index (χ1n) is 11.5. The number of hydrogen-bond acceptors (Lipinski definition) is 4. The fraction of sp³-hybridized carbons (Fsp3) is 0.458. The largest absolute Gasteiger partial charge is 0.416 e. The van der Waals surface area contributed by atoms with Gasteiger partial charge in [-0.3, -0.25) is 4.79 Å². The van der Waals surface area contributed by atoms with Gasteiger partial charge in [0.25, 0.3) is 5.91 Å². The van der Waals surface area contributed by atoms with Crippen LogP contribution in [-0.2, 0) is 16.2 Å². The number of nitrogens with zero attached hydrogens (tertiary/aromatic N) is 2. The Kier molecular flexibility index (Phi) is 7.10. The van der Waals surface area contributed by atoms with E-state index < -0.39 is 27.6 Å². The van der Waals surface area contributed by atoms with Gasteiger partial charge in [-0.25, -0.2) is 17.5 Å². The monoisotopic (exact) mass is 513 g/mol. The van der Waals surface area contributed by atoms with E-state index in [1.807, 2.05) is 0 Å². The van der Waals surface area contributed by atoms with Crippen LogP contribution in [0.4, 0.5) is 23.2 Å². The van der Waals surface area contributed by atoms with Crippen LogP contribution in [0.15, 0.2) is 41.3 Å². The maximum Gasteiger partial charge on any atom is 0.416 e. The Morgan fingerprint density at radius 1 is 1.00 bits per heavy atom. The highest BCUT2D eigenvalue weighted by Crippen LogP contribution is 2.36. The Morgan fingerprint density at radius 2 is 1.66 bits per heavy atom. The van der Waals surface area contributed by atoms with Gasteiger partial charge < -0.3 is 9.80 Å². The molecule has 2 fully saturated rings. The number of sulfonamides is 1. The second-order valence-corrected chi connectivity index (χ2v) is 10.8. The van der Waals surface area contributed by atoms with Gasteiger partial charge in [0.1, 0.15) is 5.82 Å². The minimum absolute atomic E-state index is 0.00647. The van der Waals surface area contributed by atoms with Crippen LogP contribution in [0.3, 0.4) is 0 Å². The van der Waals surface area contributed by atoms with Crippen LogP contribution in [0.25, 0.3) is 0 Å². The van der Waals surface area contributed by atoms with E-state index in [0.29, 0.717) is 30.2 Å². The van der Waals surface area contributed by atoms with E-state index in [0.717, 1.165) is 32.0 Å². The minimum Gasteiger partial charge on any atom is -0.371 e. The molecule has 190 valence electrons. The van der Waals surface area contributed by atoms with E-state index in [2.05, 4.69) is 9.62 Å². The Bertz CT molecular complexity index is 1200. The SMILES string of the molecule is CNS(=O)(=O)c1ccc(N2CCCC2)c(C(=O)N2CCC(c3ccc(C(F)(F)F)cc3F)CC2)c1. The Morgan fingerprint density at radius 3 is 2.23 bits per heavy atom. The van der Waals surface area contributed by atoms with Crippen molar-refractivity contribution in [1.82, 2.24) is 9.62 Å². The predicted molar refractivity (Wildman–Crippen MR) is 123 cm³/mol. The molecule has 0 atom stereocenters. The molecule has 2 aromatic rings. The summed E-state index contributed by atoms with van der Waals surface area (Å²) in [7, 11) is -2.45. The number of piperidine rings is 1. The molecule has 0 aliphatic carbocycles. The summed E-state index contributed by atoms with van der Waals surface area (Å²) in [5.74, 6) is -1.52. The molecule has 0 unspecified atom stereocenters. The molecule has 2 aromatic carbocycles. The van der Waals surface area contributed by atoms with E-state index in [4.69, 9.17) is 0 Å². The Labute approximate surface area is 202 Å². The lowest BCUT2D eigenvalue weighted by molar-refractivity contribution is -0.137. The molecule has 6 nitrogen and oxygen atoms in total. The number of anilines is 1. The summed E-state index contributed by atoms with van der Waals surface area (Å²) in [5, 5.41) is 0. The number of nitrogens with one attached hydrogen (secondary N) is 1. The van der Waals surface area contributed by atoms with E-state index >= 15 is 0 Å². The second-order valence-electron chi connectivity index (χ2n) is 8.88. The summed E-state index contributed by atoms with van der Waals surface area (Å²) < 4.78 is 80.0. The van der Waals surface area contributed by atoms with E-state index in [1.165, 1.54) is 25.2 Å². The first-order chi connectivity index (χ1) is 16.5. The number of rotatable bonds is 5. The van der Waals surface area contributed by atoms with Crippen LogP contribution in [-0.4, -0.2) is 52.5 Å². The molecule has 1 N–H and O–H groups in total. The fourth-order valence-corrected chi connectivity index (χ4v) is 5.56. The van der Waals surface area contributed by atoms with Crippen LogP contribution >= 0.6 is 0 Å². The predicted octanol–water partition coefficient (Wildman–Crippen LogP) is 4.37. The van der Waals surface area contributed by atoms with Crippen molar-refractivity contribution in [3.8, 4) is 0 Å². The summed E-state index contributed by atoms with van der Waals surface area (Å²) in [6.07, 6.45) is -1.87. The summed E-state index contributed by atoms with van der Waals surface area (Å²) in [4.78, 5) is 17.2. The lowest BCUT2D eigenvalue weighted by Gasteiger charge is -2.33. The van der Waals surface area contributed by atoms with Crippen molar-refractivity contribution < 1.29 is 30.8 Å². The van der Waals surface area contributed by atoms with Crippen molar-refractivity contribution in [2.75, 3.05) is 38.1 Å². The van der Waals surface area contributed by atoms with Crippen molar-refractivity contribution >= 4 is 21.6 Å². The zero-order chi connectivity index (χ0) is 25.4. The lowest BCUT2D eigenvalue weighted by Crippen LogP contribution is -2.39. The number of likely N-dealkylation sites (tertiary alicyclic amines) is 1. The van der Waals surface area contributed by atoms with Gasteiger partial charge in [-0.2, -0.15) is 13.2 Å². The zero-order valence-electron chi connectivity index (χ0n) is 19.2. The standard InChI is InChI=1S/C24H27F4N3O3S/c1-29-35(33,34)18-5-7-22(30-10-2-3-11-30)20(15-18)23(32)31-12-8-16(9-13-31)19-6-4-17(14-21(19)25)24(26,27)28/h4-7,14-16,29H,2-3,8-13H2,1H3. The molecular formula is C24H27F4N3O3S. The molecule has 2 aliphatic heterocycles. The topological polar surface area (TPSA) is 69.7 Å². The zero-order valence-corrected chi connectivity index (χ0v) is 20.1. The van der Waals surface area contributed by atoms with E-state index in [9.17, 15) is 30.8 Å². The van der Waals surface area contributed by atoms with Crippen molar-refractivity contribution in [3.63, 3.8) is 0 Å². The third-order valence-electron chi connectivity index (χ3n) is 6.77. The van der Waals surface area contributed by atoms with Crippen LogP contribution in [0.2, 0.25) is 0 Å². The van der Waals surface area contributed by atoms with E-state index in [1.54, 1.807) is 11.0 Å². The maximum atomic E-state index is 14.5. The normalized spacial score (nSPS) is 17.7. The molecule has 2 saturated heterocycles. The average molecular weight is 514 g/mol. The molecule has 0 saturated carbocycles. The smallest absolute Gasteiger partial charge is 0.371 e. The molecular weight excluding hydrogens is 486 g/mol. The average Bonchev–Trinajstić information content (AvgIpc) is 3.37. The molecule has 0 spiro atoms. The van der Waals surface area contributed by atoms with Gasteiger partial charge in [0.05, 0.1) is 16.0 Å². The van der Waals surface area contributed by atoms with Gasteiger partial charge in [-0.1, -0.05) is 6.07 Å². The molecule has 0 aromatic heterocycles. The van der Waals surface area contributed by atoms with Crippen LogP contribution in [0.5, 0.6) is 0 Å². The van der Waals surface area contributed by atoms with Crippen molar-refractivity contribution in [2.24, 2.45) is 0 Å². The second kappa shape index (κ2) is 9.77. The number of benzene rings is 2. The molecule has 11 heteroatoms. The number of amides is 1. The first kappa shape index (κ1) is 25.4. The molecule has 2 aliphatic rings. The number of alkyl halides is 3. The van der Waals surface area contributed by atoms with Gasteiger partial charge in [0.15, 0.2) is 0 Å². The van der Waals surface area contributed by atoms with Gasteiger partial charge in [-0.15, -0.1) is 0 Å². The fourth-order valence-electron chi connectivity index (χ4n) is 4.80. The quantitative estimate of drug-likeness (QED) is 0.603. The minimum atomic E-state index is -4.61. The lowest BCUT2D eigenvalue weighted by atomic mass is 9.88. The van der Waals surface area contributed by atoms with Crippen LogP contribution in [0.1, 0.15) is 53.1 Å². The molecule has 0 radical (unpaired) electrons. The molecule has 0 bridgehead atoms. The number of hydrogen-bond donors (Lipinski definition) is 1. The third-order valence-corrected chi connectivity index (χ3v) is 8.19. The summed E-state index contributed by atoms with van der Waals surface area (Å²) in [5.41, 5.74) is 0.156. The number of carbonyl (C=O) groups is 1. The highest BCUT2D eigenvalue weighted by molar-refractivity contribution is 7.89. The van der Waals surface area contributed by atoms with Gasteiger partial charge in [0.2, 0.25) is 10.0 Å². The summed E-state index contributed by atoms with van der Waals surface area (Å²) in [6.45, 7) is 2.11. The highest BCUT2D eigenvalue weighted by atomic mass is 32.2. The molecule has 35 heavy (non-hydrogen) atoms. The summed E-state index contributed by atoms with van der Waals surface area (Å²) >= 11 is 0. The highest BCUT2D eigenvalue weighted by Gasteiger charge is 2.33. The summed E-state index contributed by atoms with van der Waals surface area (Å²) in [6, 6.07) is 7.11. The maximum absolute atomic E-state index is 14.5. The molecule has 1 amide bonds. The first-order valence-corrected chi connectivity index (χ1v) is 13.0. The van der Waals surface area contributed by atoms with Crippen molar-refractivity contribution in [2.45, 2.75) is 42.7 Å². The van der Waals surface area contributed by atoms with Gasteiger partial charge in [0, 0.05) is 31.9 Å². The Balaban J connectivity index is 1.54. The van der Waals surface area contributed by atoms with Crippen LogP contribution in [0, 0.1) is 5.82 Å². The van der Waals surface area contributed by atoms with Crippen LogP contribution < -0.4 is 9.62 Å². The number of carbonyl (C=O) groups excluding carboxylic acids is 1. The number of halogens is 4. The van der Waals surface area contributed by atoms with Crippen molar-refractivity contribution in [3.05, 3.63) is 58.9 Å².